The summed E-state index contributed by atoms with van der Waals surface area (Å²) in [5.41, 5.74) is 1.55. The second-order valence-corrected chi connectivity index (χ2v) is 8.13. The van der Waals surface area contributed by atoms with Gasteiger partial charge in [-0.1, -0.05) is 32.0 Å². The van der Waals surface area contributed by atoms with Crippen LogP contribution in [0, 0.1) is 5.82 Å². The van der Waals surface area contributed by atoms with Crippen molar-refractivity contribution in [1.29, 1.82) is 0 Å². The van der Waals surface area contributed by atoms with Crippen molar-refractivity contribution in [2.45, 2.75) is 48.4 Å². The molecule has 0 unspecified atom stereocenters. The Hall–Kier alpha value is -1.27. The molecule has 0 saturated heterocycles. The smallest absolute Gasteiger partial charge is 0.268 e. The molecule has 3 rings (SSSR count). The van der Waals surface area contributed by atoms with E-state index >= 15 is 0 Å². The lowest BCUT2D eigenvalue weighted by molar-refractivity contribution is 0.626. The fraction of sp³-hybridized carbons (Fsp3) is 0.412. The van der Waals surface area contributed by atoms with Crippen LogP contribution >= 0.6 is 23.5 Å². The molecule has 0 saturated carbocycles. The number of halogens is 1. The van der Waals surface area contributed by atoms with E-state index in [0.717, 1.165) is 35.6 Å². The molecule has 1 aliphatic heterocycles. The summed E-state index contributed by atoms with van der Waals surface area (Å²) < 4.78 is 14.8. The van der Waals surface area contributed by atoms with Crippen molar-refractivity contribution in [2.24, 2.45) is 0 Å². The molecule has 0 fully saturated rings. The van der Waals surface area contributed by atoms with Gasteiger partial charge in [0.2, 0.25) is 0 Å². The first kappa shape index (κ1) is 16.6. The highest BCUT2D eigenvalue weighted by Crippen LogP contribution is 2.34. The molecule has 0 spiro atoms. The highest BCUT2D eigenvalue weighted by Gasteiger charge is 2.26. The van der Waals surface area contributed by atoms with Crippen LogP contribution in [0.4, 0.5) is 4.39 Å². The zero-order valence-electron chi connectivity index (χ0n) is 13.2. The molecular weight excluding hydrogens is 331 g/mol. The van der Waals surface area contributed by atoms with E-state index in [2.05, 4.69) is 13.8 Å². The second kappa shape index (κ2) is 7.09. The lowest BCUT2D eigenvalue weighted by atomic mass is 10.2. The standard InChI is InChI=1S/C17H19FN2OS2/c1-3-4-9-22-17-19-14-10-11(2)23-15(14)16(21)20(17)13-7-5-12(18)6-8-13/h5-8,11H,3-4,9-10H2,1-2H3/t11-/m1/s1. The average Bonchev–Trinajstić information content (AvgIpc) is 2.90. The highest BCUT2D eigenvalue weighted by atomic mass is 32.2. The summed E-state index contributed by atoms with van der Waals surface area (Å²) in [6.07, 6.45) is 3.01. The summed E-state index contributed by atoms with van der Waals surface area (Å²) in [7, 11) is 0. The molecule has 1 aromatic heterocycles. The molecule has 23 heavy (non-hydrogen) atoms. The van der Waals surface area contributed by atoms with E-state index in [1.54, 1.807) is 40.2 Å². The zero-order chi connectivity index (χ0) is 16.4. The van der Waals surface area contributed by atoms with Gasteiger partial charge in [-0.05, 0) is 30.7 Å². The van der Waals surface area contributed by atoms with Crippen molar-refractivity contribution >= 4 is 23.5 Å². The van der Waals surface area contributed by atoms with E-state index in [-0.39, 0.29) is 11.4 Å². The summed E-state index contributed by atoms with van der Waals surface area (Å²) in [6.45, 7) is 4.25. The van der Waals surface area contributed by atoms with Crippen molar-refractivity contribution in [2.75, 3.05) is 5.75 Å². The minimum absolute atomic E-state index is 0.0324. The Bertz CT molecular complexity index is 758. The van der Waals surface area contributed by atoms with Crippen LogP contribution in [0.3, 0.4) is 0 Å². The molecule has 0 bridgehead atoms. The van der Waals surface area contributed by atoms with E-state index in [0.29, 0.717) is 16.1 Å². The minimum Gasteiger partial charge on any atom is -0.268 e. The van der Waals surface area contributed by atoms with Gasteiger partial charge in [-0.25, -0.2) is 9.37 Å². The summed E-state index contributed by atoms with van der Waals surface area (Å²) in [5, 5.41) is 1.09. The number of benzene rings is 1. The average molecular weight is 350 g/mol. The largest absolute Gasteiger partial charge is 0.272 e. The second-order valence-electron chi connectivity index (χ2n) is 5.62. The lowest BCUT2D eigenvalue weighted by Gasteiger charge is -2.13. The number of hydrogen-bond acceptors (Lipinski definition) is 4. The predicted octanol–water partition coefficient (Wildman–Crippen LogP) is 4.30. The highest BCUT2D eigenvalue weighted by molar-refractivity contribution is 8.00. The van der Waals surface area contributed by atoms with Crippen LogP contribution in [0.15, 0.2) is 39.1 Å². The van der Waals surface area contributed by atoms with Crippen LogP contribution in [0.2, 0.25) is 0 Å². The third kappa shape index (κ3) is 3.48. The van der Waals surface area contributed by atoms with Crippen LogP contribution in [0.5, 0.6) is 0 Å². The molecular formula is C17H19FN2OS2. The number of rotatable bonds is 5. The Morgan fingerprint density at radius 2 is 2.13 bits per heavy atom. The summed E-state index contributed by atoms with van der Waals surface area (Å²) in [6, 6.07) is 6.03. The van der Waals surface area contributed by atoms with Crippen LogP contribution < -0.4 is 5.56 Å². The quantitative estimate of drug-likeness (QED) is 0.457. The zero-order valence-corrected chi connectivity index (χ0v) is 14.8. The van der Waals surface area contributed by atoms with Gasteiger partial charge in [-0.3, -0.25) is 9.36 Å². The SMILES string of the molecule is CCCCSc1nc2c(c(=O)n1-c1ccc(F)cc1)S[C@H](C)C2. The van der Waals surface area contributed by atoms with Crippen LogP contribution in [-0.4, -0.2) is 20.6 Å². The first-order chi connectivity index (χ1) is 11.1. The maximum atomic E-state index is 13.2. The van der Waals surface area contributed by atoms with Gasteiger partial charge in [0.05, 0.1) is 16.3 Å². The first-order valence-electron chi connectivity index (χ1n) is 7.81. The molecule has 1 aliphatic rings. The van der Waals surface area contributed by atoms with Gasteiger partial charge >= 0.3 is 0 Å². The van der Waals surface area contributed by atoms with E-state index < -0.39 is 0 Å². The summed E-state index contributed by atoms with van der Waals surface area (Å²) in [4.78, 5) is 18.4. The number of thioether (sulfide) groups is 2. The van der Waals surface area contributed by atoms with Crippen molar-refractivity contribution in [3.63, 3.8) is 0 Å². The molecule has 0 N–H and O–H groups in total. The van der Waals surface area contributed by atoms with Gasteiger partial charge in [-0.2, -0.15) is 0 Å². The lowest BCUT2D eigenvalue weighted by Crippen LogP contribution is -2.23. The Morgan fingerprint density at radius 1 is 1.39 bits per heavy atom. The van der Waals surface area contributed by atoms with Gasteiger partial charge in [0.1, 0.15) is 5.82 Å². The molecule has 1 aromatic carbocycles. The van der Waals surface area contributed by atoms with Gasteiger partial charge < -0.3 is 0 Å². The predicted molar refractivity (Wildman–Crippen MR) is 94.4 cm³/mol. The molecule has 3 nitrogen and oxygen atoms in total. The Balaban J connectivity index is 2.09. The number of aromatic nitrogens is 2. The fourth-order valence-corrected chi connectivity index (χ4v) is 4.73. The Labute approximate surface area is 143 Å². The molecule has 2 aromatic rings. The van der Waals surface area contributed by atoms with E-state index in [1.807, 2.05) is 0 Å². The minimum atomic E-state index is -0.306. The van der Waals surface area contributed by atoms with Crippen LogP contribution in [0.1, 0.15) is 32.4 Å². The Kier molecular flexibility index (Phi) is 5.11. The molecule has 2 heterocycles. The number of fused-ring (bicyclic) bond motifs is 1. The van der Waals surface area contributed by atoms with Crippen LogP contribution in [-0.2, 0) is 6.42 Å². The van der Waals surface area contributed by atoms with E-state index in [4.69, 9.17) is 4.98 Å². The topological polar surface area (TPSA) is 34.9 Å². The van der Waals surface area contributed by atoms with Crippen molar-refractivity contribution in [1.82, 2.24) is 9.55 Å². The number of hydrogen-bond donors (Lipinski definition) is 0. The Morgan fingerprint density at radius 3 is 2.83 bits per heavy atom. The van der Waals surface area contributed by atoms with E-state index in [1.165, 1.54) is 12.1 Å². The summed E-state index contributed by atoms with van der Waals surface area (Å²) >= 11 is 3.19. The molecule has 0 amide bonds. The number of nitrogens with zero attached hydrogens (tertiary/aromatic N) is 2. The summed E-state index contributed by atoms with van der Waals surface area (Å²) in [5.74, 6) is 0.616. The fourth-order valence-electron chi connectivity index (χ4n) is 2.52. The van der Waals surface area contributed by atoms with E-state index in [9.17, 15) is 9.18 Å². The molecule has 0 aliphatic carbocycles. The normalized spacial score (nSPS) is 16.6. The monoisotopic (exact) mass is 350 g/mol. The van der Waals surface area contributed by atoms with Crippen molar-refractivity contribution < 1.29 is 4.39 Å². The molecule has 122 valence electrons. The van der Waals surface area contributed by atoms with Gasteiger partial charge in [0.25, 0.3) is 5.56 Å². The first-order valence-corrected chi connectivity index (χ1v) is 9.68. The van der Waals surface area contributed by atoms with Crippen molar-refractivity contribution in [3.8, 4) is 5.69 Å². The van der Waals surface area contributed by atoms with Gasteiger partial charge in [0.15, 0.2) is 5.16 Å². The van der Waals surface area contributed by atoms with Gasteiger partial charge in [-0.15, -0.1) is 11.8 Å². The number of unbranched alkanes of at least 4 members (excludes halogenated alkanes) is 1. The molecule has 6 heteroatoms. The van der Waals surface area contributed by atoms with Gasteiger partial charge in [0, 0.05) is 17.4 Å². The maximum Gasteiger partial charge on any atom is 0.272 e. The van der Waals surface area contributed by atoms with Crippen LogP contribution in [0.25, 0.3) is 5.69 Å². The third-order valence-electron chi connectivity index (χ3n) is 3.70. The molecule has 0 radical (unpaired) electrons. The third-order valence-corrected chi connectivity index (χ3v) is 5.93. The van der Waals surface area contributed by atoms with Crippen molar-refractivity contribution in [3.05, 3.63) is 46.1 Å². The molecule has 1 atom stereocenters. The maximum absolute atomic E-state index is 13.2.